The molecule has 1 aromatic rings. The molecule has 0 fully saturated rings. The molecule has 116 valence electrons. The number of nitrogens with one attached hydrogen (secondary N) is 1. The van der Waals surface area contributed by atoms with E-state index >= 15 is 0 Å². The van der Waals surface area contributed by atoms with Crippen LogP contribution in [0.1, 0.15) is 12.5 Å². The van der Waals surface area contributed by atoms with Gasteiger partial charge in [-0.05, 0) is 25.1 Å². The molecule has 0 amide bonds. The van der Waals surface area contributed by atoms with Gasteiger partial charge in [0.05, 0.1) is 0 Å². The molecule has 0 bridgehead atoms. The Morgan fingerprint density at radius 1 is 1.48 bits per heavy atom. The van der Waals surface area contributed by atoms with Gasteiger partial charge in [0, 0.05) is 18.5 Å². The molecular weight excluding hydrogens is 294 g/mol. The lowest BCUT2D eigenvalue weighted by Gasteiger charge is -2.29. The molecule has 1 aliphatic rings. The van der Waals surface area contributed by atoms with Crippen molar-refractivity contribution in [2.45, 2.75) is 31.2 Å². The quantitative estimate of drug-likeness (QED) is 0.837. The zero-order valence-electron chi connectivity index (χ0n) is 11.0. The van der Waals surface area contributed by atoms with Gasteiger partial charge in [0.15, 0.2) is 0 Å². The number of fused-ring (bicyclic) bond motifs is 1. The summed E-state index contributed by atoms with van der Waals surface area (Å²) < 4.78 is 56.8. The first-order chi connectivity index (χ1) is 9.63. The summed E-state index contributed by atoms with van der Waals surface area (Å²) in [6.45, 7) is 0.232. The number of carboxylic acids is 1. The Balaban J connectivity index is 2.03. The highest BCUT2D eigenvalue weighted by Crippen LogP contribution is 2.32. The highest BCUT2D eigenvalue weighted by Gasteiger charge is 2.57. The Morgan fingerprint density at radius 3 is 2.71 bits per heavy atom. The number of carbonyl (C=O) groups is 1. The number of halogens is 4. The van der Waals surface area contributed by atoms with Crippen LogP contribution < -0.4 is 10.1 Å². The van der Waals surface area contributed by atoms with Gasteiger partial charge >= 0.3 is 12.1 Å². The van der Waals surface area contributed by atoms with Crippen LogP contribution in [-0.2, 0) is 11.2 Å². The van der Waals surface area contributed by atoms with E-state index in [1.165, 1.54) is 18.2 Å². The molecule has 8 heteroatoms. The fraction of sp³-hybridized carbons (Fsp3) is 0.462. The summed E-state index contributed by atoms with van der Waals surface area (Å²) in [4.78, 5) is 10.9. The highest BCUT2D eigenvalue weighted by atomic mass is 19.4. The standard InChI is InChI=1S/C13H13F4NO3/c1-12(11(19)20,13(15,16)17)18-6-9-5-7-4-8(14)2-3-10(7)21-9/h2-4,9,18H,5-6H2,1H3,(H,19,20). The number of ether oxygens (including phenoxy) is 1. The van der Waals surface area contributed by atoms with E-state index in [1.54, 1.807) is 0 Å². The van der Waals surface area contributed by atoms with Gasteiger partial charge in [-0.15, -0.1) is 0 Å². The van der Waals surface area contributed by atoms with Gasteiger partial charge in [0.2, 0.25) is 5.54 Å². The summed E-state index contributed by atoms with van der Waals surface area (Å²) in [5.41, 5.74) is -2.51. The average Bonchev–Trinajstić information content (AvgIpc) is 2.76. The van der Waals surface area contributed by atoms with Gasteiger partial charge < -0.3 is 9.84 Å². The Hall–Kier alpha value is -1.83. The third-order valence-corrected chi connectivity index (χ3v) is 3.44. The molecule has 0 spiro atoms. The van der Waals surface area contributed by atoms with Crippen LogP contribution in [0.4, 0.5) is 17.6 Å². The van der Waals surface area contributed by atoms with Crippen molar-refractivity contribution in [1.29, 1.82) is 0 Å². The van der Waals surface area contributed by atoms with Crippen LogP contribution in [0.3, 0.4) is 0 Å². The average molecular weight is 307 g/mol. The third kappa shape index (κ3) is 2.94. The SMILES string of the molecule is CC(NCC1Cc2cc(F)ccc2O1)(C(=O)O)C(F)(F)F. The predicted octanol–water partition coefficient (Wildman–Crippen LogP) is 2.12. The Labute approximate surface area is 117 Å². The molecule has 1 aromatic carbocycles. The first-order valence-electron chi connectivity index (χ1n) is 6.14. The van der Waals surface area contributed by atoms with E-state index in [0.717, 1.165) is 0 Å². The second-order valence-electron chi connectivity index (χ2n) is 5.00. The zero-order valence-corrected chi connectivity index (χ0v) is 11.0. The zero-order chi connectivity index (χ0) is 15.8. The van der Waals surface area contributed by atoms with E-state index in [9.17, 15) is 22.4 Å². The largest absolute Gasteiger partial charge is 0.488 e. The van der Waals surface area contributed by atoms with Crippen molar-refractivity contribution in [1.82, 2.24) is 5.32 Å². The van der Waals surface area contributed by atoms with Crippen molar-refractivity contribution < 1.29 is 32.2 Å². The molecule has 1 heterocycles. The van der Waals surface area contributed by atoms with E-state index in [-0.39, 0.29) is 13.0 Å². The maximum absolute atomic E-state index is 13.0. The lowest BCUT2D eigenvalue weighted by atomic mass is 10.0. The second kappa shape index (κ2) is 5.18. The smallest absolute Gasteiger partial charge is 0.417 e. The molecule has 4 nitrogen and oxygen atoms in total. The minimum absolute atomic E-state index is 0.216. The maximum atomic E-state index is 13.0. The van der Waals surface area contributed by atoms with Crippen LogP contribution in [0.15, 0.2) is 18.2 Å². The summed E-state index contributed by atoms with van der Waals surface area (Å²) in [5, 5.41) is 10.8. The van der Waals surface area contributed by atoms with Crippen molar-refractivity contribution in [3.63, 3.8) is 0 Å². The van der Waals surface area contributed by atoms with Crippen LogP contribution in [0.2, 0.25) is 0 Å². The second-order valence-corrected chi connectivity index (χ2v) is 5.00. The van der Waals surface area contributed by atoms with E-state index in [4.69, 9.17) is 9.84 Å². The minimum Gasteiger partial charge on any atom is -0.488 e. The van der Waals surface area contributed by atoms with Gasteiger partial charge in [-0.2, -0.15) is 13.2 Å². The van der Waals surface area contributed by atoms with Crippen molar-refractivity contribution >= 4 is 5.97 Å². The topological polar surface area (TPSA) is 58.6 Å². The molecular formula is C13H13F4NO3. The van der Waals surface area contributed by atoms with E-state index in [2.05, 4.69) is 0 Å². The third-order valence-electron chi connectivity index (χ3n) is 3.44. The van der Waals surface area contributed by atoms with Crippen LogP contribution in [0.5, 0.6) is 5.75 Å². The fourth-order valence-electron chi connectivity index (χ4n) is 2.02. The molecule has 1 aliphatic heterocycles. The summed E-state index contributed by atoms with van der Waals surface area (Å²) >= 11 is 0. The summed E-state index contributed by atoms with van der Waals surface area (Å²) in [7, 11) is 0. The van der Waals surface area contributed by atoms with Crippen molar-refractivity contribution in [2.24, 2.45) is 0 Å². The first-order valence-corrected chi connectivity index (χ1v) is 6.14. The van der Waals surface area contributed by atoms with Gasteiger partial charge in [-0.25, -0.2) is 9.18 Å². The fourth-order valence-corrected chi connectivity index (χ4v) is 2.02. The van der Waals surface area contributed by atoms with Crippen LogP contribution in [0, 0.1) is 5.82 Å². The summed E-state index contributed by atoms with van der Waals surface area (Å²) in [5.74, 6) is -2.08. The van der Waals surface area contributed by atoms with E-state index in [1.807, 2.05) is 5.32 Å². The van der Waals surface area contributed by atoms with E-state index in [0.29, 0.717) is 18.2 Å². The Bertz CT molecular complexity index is 561. The van der Waals surface area contributed by atoms with Gasteiger partial charge in [0.1, 0.15) is 17.7 Å². The number of aliphatic carboxylic acids is 1. The van der Waals surface area contributed by atoms with Crippen molar-refractivity contribution in [2.75, 3.05) is 6.54 Å². The molecule has 0 radical (unpaired) electrons. The molecule has 0 saturated carbocycles. The molecule has 2 N–H and O–H groups in total. The lowest BCUT2D eigenvalue weighted by molar-refractivity contribution is -0.206. The maximum Gasteiger partial charge on any atom is 0.417 e. The summed E-state index contributed by atoms with van der Waals surface area (Å²) in [6, 6.07) is 3.83. The molecule has 2 rings (SSSR count). The van der Waals surface area contributed by atoms with Crippen LogP contribution in [0.25, 0.3) is 0 Å². The Morgan fingerprint density at radius 2 is 2.14 bits per heavy atom. The van der Waals surface area contributed by atoms with Gasteiger partial charge in [-0.1, -0.05) is 0 Å². The molecule has 0 saturated heterocycles. The van der Waals surface area contributed by atoms with Crippen molar-refractivity contribution in [3.05, 3.63) is 29.6 Å². The lowest BCUT2D eigenvalue weighted by Crippen LogP contribution is -2.61. The molecule has 21 heavy (non-hydrogen) atoms. The summed E-state index contributed by atoms with van der Waals surface area (Å²) in [6.07, 6.45) is -5.41. The van der Waals surface area contributed by atoms with Crippen LogP contribution >= 0.6 is 0 Å². The first kappa shape index (κ1) is 15.6. The number of alkyl halides is 3. The number of hydrogen-bond acceptors (Lipinski definition) is 3. The van der Waals surface area contributed by atoms with Crippen molar-refractivity contribution in [3.8, 4) is 5.75 Å². The number of rotatable bonds is 4. The number of benzene rings is 1. The minimum atomic E-state index is -4.95. The van der Waals surface area contributed by atoms with Gasteiger partial charge in [0.25, 0.3) is 0 Å². The number of hydrogen-bond donors (Lipinski definition) is 2. The van der Waals surface area contributed by atoms with Crippen LogP contribution in [-0.4, -0.2) is 35.4 Å². The number of carboxylic acid groups (broad SMARTS) is 1. The highest BCUT2D eigenvalue weighted by molar-refractivity contribution is 5.79. The molecule has 2 unspecified atom stereocenters. The molecule has 0 aliphatic carbocycles. The van der Waals surface area contributed by atoms with Gasteiger partial charge in [-0.3, -0.25) is 5.32 Å². The molecule has 0 aromatic heterocycles. The monoisotopic (exact) mass is 307 g/mol. The molecule has 2 atom stereocenters. The normalized spacial score (nSPS) is 20.5. The predicted molar refractivity (Wildman–Crippen MR) is 64.6 cm³/mol. The Kier molecular flexibility index (Phi) is 3.83. The van der Waals surface area contributed by atoms with E-state index < -0.39 is 29.6 Å².